The summed E-state index contributed by atoms with van der Waals surface area (Å²) in [4.78, 5) is 0. The number of nitriles is 1. The summed E-state index contributed by atoms with van der Waals surface area (Å²) in [6, 6.07) is 4.87. The predicted octanol–water partition coefficient (Wildman–Crippen LogP) is 2.76. The third-order valence-electron chi connectivity index (χ3n) is 3.70. The number of hydrogen-bond donors (Lipinski definition) is 0. The van der Waals surface area contributed by atoms with Gasteiger partial charge in [0.2, 0.25) is 0 Å². The third-order valence-corrected chi connectivity index (χ3v) is 4.27. The fourth-order valence-corrected chi connectivity index (χ4v) is 2.28. The van der Waals surface area contributed by atoms with Gasteiger partial charge in [-0.2, -0.15) is 5.26 Å². The topological polar surface area (TPSA) is 42.2 Å². The predicted molar refractivity (Wildman–Crippen MR) is 74.5 cm³/mol. The molecular weight excluding hydrogens is 312 g/mol. The Labute approximate surface area is 121 Å². The fraction of sp³-hybridized carbons (Fsp3) is 0.462. The third kappa shape index (κ3) is 2.43. The summed E-state index contributed by atoms with van der Waals surface area (Å²) < 4.78 is 25.6. The van der Waals surface area contributed by atoms with Gasteiger partial charge in [0.25, 0.3) is 0 Å². The van der Waals surface area contributed by atoms with Gasteiger partial charge in [0, 0.05) is 0 Å². The Kier molecular flexibility index (Phi) is 3.50. The monoisotopic (exact) mass is 325 g/mol. The molecule has 1 aliphatic rings. The smallest absolute Gasteiger partial charge is 0.399 e. The lowest BCUT2D eigenvalue weighted by Gasteiger charge is -2.32. The van der Waals surface area contributed by atoms with Gasteiger partial charge in [0.1, 0.15) is 6.07 Å². The van der Waals surface area contributed by atoms with Crippen molar-refractivity contribution in [2.45, 2.75) is 38.9 Å². The molecule has 3 nitrogen and oxygen atoms in total. The second-order valence-corrected chi connectivity index (χ2v) is 6.42. The van der Waals surface area contributed by atoms with Gasteiger partial charge in [0.05, 0.1) is 21.2 Å². The standard InChI is InChI=1S/C13H14BBrFNO2/c1-12(2)13(3,4)19-14(18-12)9-5-8(7-17)11(16)10(15)6-9/h5-6H,1-4H3. The fourth-order valence-electron chi connectivity index (χ4n) is 1.81. The molecule has 1 aliphatic heterocycles. The first-order valence-electron chi connectivity index (χ1n) is 5.92. The summed E-state index contributed by atoms with van der Waals surface area (Å²) in [5.74, 6) is -0.567. The summed E-state index contributed by atoms with van der Waals surface area (Å²) in [7, 11) is -0.603. The maximum atomic E-state index is 13.6. The van der Waals surface area contributed by atoms with E-state index in [-0.39, 0.29) is 10.0 Å². The molecule has 0 spiro atoms. The molecule has 0 unspecified atom stereocenters. The zero-order valence-electron chi connectivity index (χ0n) is 11.3. The van der Waals surface area contributed by atoms with Crippen LogP contribution in [-0.4, -0.2) is 18.3 Å². The first-order valence-corrected chi connectivity index (χ1v) is 6.72. The molecule has 1 heterocycles. The van der Waals surface area contributed by atoms with Gasteiger partial charge in [0.15, 0.2) is 5.82 Å². The van der Waals surface area contributed by atoms with Crippen molar-refractivity contribution >= 4 is 28.5 Å². The van der Waals surface area contributed by atoms with E-state index in [1.54, 1.807) is 6.07 Å². The van der Waals surface area contributed by atoms with Crippen molar-refractivity contribution < 1.29 is 13.7 Å². The van der Waals surface area contributed by atoms with Crippen molar-refractivity contribution in [1.82, 2.24) is 0 Å². The molecule has 1 aromatic carbocycles. The van der Waals surface area contributed by atoms with E-state index >= 15 is 0 Å². The SMILES string of the molecule is CC1(C)OB(c2cc(Br)c(F)c(C#N)c2)OC1(C)C. The van der Waals surface area contributed by atoms with Crippen molar-refractivity contribution in [3.05, 3.63) is 28.0 Å². The summed E-state index contributed by atoms with van der Waals surface area (Å²) in [6.45, 7) is 7.76. The zero-order chi connectivity index (χ0) is 14.4. The second-order valence-electron chi connectivity index (χ2n) is 5.56. The average Bonchev–Trinajstić information content (AvgIpc) is 2.52. The van der Waals surface area contributed by atoms with Crippen molar-refractivity contribution in [1.29, 1.82) is 5.26 Å². The van der Waals surface area contributed by atoms with Crippen LogP contribution in [0.25, 0.3) is 0 Å². The van der Waals surface area contributed by atoms with Crippen LogP contribution in [0.15, 0.2) is 16.6 Å². The molecule has 1 fully saturated rings. The number of rotatable bonds is 1. The Morgan fingerprint density at radius 3 is 2.21 bits per heavy atom. The molecule has 2 rings (SSSR count). The van der Waals surface area contributed by atoms with Crippen LogP contribution in [-0.2, 0) is 9.31 Å². The van der Waals surface area contributed by atoms with Gasteiger partial charge in [-0.15, -0.1) is 0 Å². The Morgan fingerprint density at radius 1 is 1.21 bits per heavy atom. The Hall–Kier alpha value is -0.895. The molecule has 19 heavy (non-hydrogen) atoms. The first-order chi connectivity index (χ1) is 8.68. The van der Waals surface area contributed by atoms with Crippen LogP contribution in [0.2, 0.25) is 0 Å². The molecule has 0 amide bonds. The molecule has 0 saturated carbocycles. The minimum Gasteiger partial charge on any atom is -0.399 e. The van der Waals surface area contributed by atoms with Crippen LogP contribution in [0, 0.1) is 17.1 Å². The molecule has 0 aromatic heterocycles. The van der Waals surface area contributed by atoms with E-state index in [9.17, 15) is 4.39 Å². The van der Waals surface area contributed by atoms with Gasteiger partial charge in [-0.25, -0.2) is 4.39 Å². The summed E-state index contributed by atoms with van der Waals surface area (Å²) in [5.41, 5.74) is -0.334. The molecule has 0 bridgehead atoms. The minimum atomic E-state index is -0.603. The summed E-state index contributed by atoms with van der Waals surface area (Å²) in [5, 5.41) is 8.92. The molecule has 6 heteroatoms. The second kappa shape index (κ2) is 4.59. The van der Waals surface area contributed by atoms with E-state index < -0.39 is 24.1 Å². The molecule has 0 radical (unpaired) electrons. The van der Waals surface area contributed by atoms with Crippen LogP contribution >= 0.6 is 15.9 Å². The van der Waals surface area contributed by atoms with E-state index in [4.69, 9.17) is 14.6 Å². The lowest BCUT2D eigenvalue weighted by molar-refractivity contribution is 0.00578. The van der Waals surface area contributed by atoms with Crippen molar-refractivity contribution in [3.8, 4) is 6.07 Å². The quantitative estimate of drug-likeness (QED) is 0.746. The lowest BCUT2D eigenvalue weighted by Crippen LogP contribution is -2.41. The van der Waals surface area contributed by atoms with Crippen LogP contribution in [0.4, 0.5) is 4.39 Å². The highest BCUT2D eigenvalue weighted by atomic mass is 79.9. The molecule has 0 atom stereocenters. The highest BCUT2D eigenvalue weighted by molar-refractivity contribution is 9.10. The van der Waals surface area contributed by atoms with Crippen molar-refractivity contribution in [2.75, 3.05) is 0 Å². The Morgan fingerprint density at radius 2 is 1.74 bits per heavy atom. The largest absolute Gasteiger partial charge is 0.494 e. The van der Waals surface area contributed by atoms with E-state index in [1.807, 2.05) is 33.8 Å². The van der Waals surface area contributed by atoms with Crippen LogP contribution in [0.5, 0.6) is 0 Å². The van der Waals surface area contributed by atoms with Crippen molar-refractivity contribution in [2.24, 2.45) is 0 Å². The van der Waals surface area contributed by atoms with Gasteiger partial charge >= 0.3 is 7.12 Å². The average molecular weight is 326 g/mol. The highest BCUT2D eigenvalue weighted by Gasteiger charge is 2.51. The van der Waals surface area contributed by atoms with Crippen molar-refractivity contribution in [3.63, 3.8) is 0 Å². The molecule has 0 N–H and O–H groups in total. The van der Waals surface area contributed by atoms with E-state index in [1.165, 1.54) is 6.07 Å². The first kappa shape index (κ1) is 14.5. The van der Waals surface area contributed by atoms with E-state index in [0.29, 0.717) is 5.46 Å². The highest BCUT2D eigenvalue weighted by Crippen LogP contribution is 2.36. The van der Waals surface area contributed by atoms with Gasteiger partial charge in [-0.05, 0) is 61.2 Å². The van der Waals surface area contributed by atoms with E-state index in [2.05, 4.69) is 15.9 Å². The number of halogens is 2. The number of hydrogen-bond acceptors (Lipinski definition) is 3. The minimum absolute atomic E-state index is 0.0286. The normalized spacial score (nSPS) is 20.4. The molecule has 0 aliphatic carbocycles. The van der Waals surface area contributed by atoms with Crippen LogP contribution < -0.4 is 5.46 Å². The van der Waals surface area contributed by atoms with Gasteiger partial charge in [-0.1, -0.05) is 0 Å². The maximum absolute atomic E-state index is 13.6. The molecule has 100 valence electrons. The van der Waals surface area contributed by atoms with E-state index in [0.717, 1.165) is 0 Å². The molecule has 1 saturated heterocycles. The van der Waals surface area contributed by atoms with Crippen LogP contribution in [0.1, 0.15) is 33.3 Å². The number of benzene rings is 1. The molecular formula is C13H14BBrFNO2. The van der Waals surface area contributed by atoms with Gasteiger partial charge < -0.3 is 9.31 Å². The summed E-state index contributed by atoms with van der Waals surface area (Å²) >= 11 is 3.10. The lowest BCUT2D eigenvalue weighted by atomic mass is 9.78. The van der Waals surface area contributed by atoms with Gasteiger partial charge in [-0.3, -0.25) is 0 Å². The maximum Gasteiger partial charge on any atom is 0.494 e. The number of nitrogens with zero attached hydrogens (tertiary/aromatic N) is 1. The Bertz CT molecular complexity index is 552. The van der Waals surface area contributed by atoms with Crippen LogP contribution in [0.3, 0.4) is 0 Å². The Balaban J connectivity index is 2.41. The summed E-state index contributed by atoms with van der Waals surface area (Å²) in [6.07, 6.45) is 0. The molecule has 1 aromatic rings. The zero-order valence-corrected chi connectivity index (χ0v) is 12.8.